The summed E-state index contributed by atoms with van der Waals surface area (Å²) in [4.78, 5) is 28.3. The maximum Gasteiger partial charge on any atom is 0.415 e. The lowest BCUT2D eigenvalue weighted by Gasteiger charge is -2.51. The summed E-state index contributed by atoms with van der Waals surface area (Å²) < 4.78 is 6.60. The van der Waals surface area contributed by atoms with Gasteiger partial charge < -0.3 is 19.6 Å². The second kappa shape index (κ2) is 7.86. The Morgan fingerprint density at radius 3 is 2.61 bits per heavy atom. The number of fused-ring (bicyclic) bond motifs is 1. The van der Waals surface area contributed by atoms with Crippen LogP contribution in [0.25, 0.3) is 10.8 Å². The average molecular weight is 426 g/mol. The Bertz CT molecular complexity index is 986. The van der Waals surface area contributed by atoms with Crippen molar-refractivity contribution in [2.45, 2.75) is 51.0 Å². The Hall–Kier alpha value is -2.54. The molecule has 3 heterocycles. The van der Waals surface area contributed by atoms with E-state index in [1.165, 1.54) is 4.57 Å². The molecule has 2 aromatic rings. The van der Waals surface area contributed by atoms with Crippen molar-refractivity contribution in [2.75, 3.05) is 32.8 Å². The van der Waals surface area contributed by atoms with Crippen molar-refractivity contribution in [1.82, 2.24) is 14.4 Å². The third kappa shape index (κ3) is 3.59. The number of carbonyl (C=O) groups is 2. The van der Waals surface area contributed by atoms with E-state index in [1.807, 2.05) is 36.1 Å². The van der Waals surface area contributed by atoms with E-state index in [0.29, 0.717) is 12.6 Å². The van der Waals surface area contributed by atoms with Crippen molar-refractivity contribution in [3.63, 3.8) is 0 Å². The SMILES string of the molecule is CCOC(=O)N1CCC2(CC(N3CCC(c4c5ccccc5cn4C(=O)O)CC3)C2)C1. The number of aromatic nitrogens is 1. The van der Waals surface area contributed by atoms with Crippen LogP contribution in [0.5, 0.6) is 0 Å². The van der Waals surface area contributed by atoms with Crippen LogP contribution in [0.2, 0.25) is 0 Å². The fourth-order valence-electron chi connectivity index (χ4n) is 6.13. The van der Waals surface area contributed by atoms with Gasteiger partial charge in [0.2, 0.25) is 0 Å². The van der Waals surface area contributed by atoms with Crippen LogP contribution in [-0.4, -0.2) is 70.5 Å². The third-order valence-electron chi connectivity index (χ3n) is 7.70. The Morgan fingerprint density at radius 1 is 1.16 bits per heavy atom. The second-order valence-electron chi connectivity index (χ2n) is 9.50. The molecule has 1 N–H and O–H groups in total. The largest absolute Gasteiger partial charge is 0.464 e. The molecule has 5 rings (SSSR count). The number of carbonyl (C=O) groups excluding carboxylic acids is 1. The van der Waals surface area contributed by atoms with Gasteiger partial charge in [0.25, 0.3) is 0 Å². The van der Waals surface area contributed by atoms with Gasteiger partial charge in [0.05, 0.1) is 6.61 Å². The summed E-state index contributed by atoms with van der Waals surface area (Å²) in [5, 5.41) is 11.8. The first kappa shape index (κ1) is 20.4. The van der Waals surface area contributed by atoms with Crippen LogP contribution < -0.4 is 0 Å². The molecule has 2 aliphatic heterocycles. The number of piperidine rings is 1. The van der Waals surface area contributed by atoms with Gasteiger partial charge in [-0.2, -0.15) is 0 Å². The molecule has 1 aliphatic carbocycles. The summed E-state index contributed by atoms with van der Waals surface area (Å²) in [5.74, 6) is 0.270. The standard InChI is InChI=1S/C24H31N3O4/c1-2-31-23(30)26-12-9-24(16-26)13-19(14-24)25-10-7-17(8-11-25)21-20-6-4-3-5-18(20)15-27(21)22(28)29/h3-6,15,17,19H,2,7-14,16H2,1H3,(H,28,29). The molecule has 0 unspecified atom stereocenters. The van der Waals surface area contributed by atoms with Gasteiger partial charge in [-0.25, -0.2) is 9.59 Å². The van der Waals surface area contributed by atoms with Crippen LogP contribution in [0, 0.1) is 5.41 Å². The number of hydrogen-bond donors (Lipinski definition) is 1. The molecule has 7 nitrogen and oxygen atoms in total. The predicted octanol–water partition coefficient (Wildman–Crippen LogP) is 4.36. The van der Waals surface area contributed by atoms with Crippen molar-refractivity contribution in [3.8, 4) is 0 Å². The number of rotatable bonds is 3. The summed E-state index contributed by atoms with van der Waals surface area (Å²) >= 11 is 0. The number of benzene rings is 1. The highest BCUT2D eigenvalue weighted by Gasteiger charge is 2.51. The van der Waals surface area contributed by atoms with E-state index >= 15 is 0 Å². The van der Waals surface area contributed by atoms with E-state index in [-0.39, 0.29) is 17.4 Å². The van der Waals surface area contributed by atoms with Gasteiger partial charge in [0, 0.05) is 47.7 Å². The topological polar surface area (TPSA) is 75.0 Å². The molecule has 2 saturated heterocycles. The first-order chi connectivity index (χ1) is 15.0. The fourth-order valence-corrected chi connectivity index (χ4v) is 6.13. The Balaban J connectivity index is 1.20. The van der Waals surface area contributed by atoms with E-state index in [0.717, 1.165) is 74.7 Å². The Labute approximate surface area is 182 Å². The quantitative estimate of drug-likeness (QED) is 0.791. The molecule has 1 aromatic carbocycles. The molecule has 3 fully saturated rings. The Kier molecular flexibility index (Phi) is 5.16. The minimum absolute atomic E-state index is 0.169. The number of likely N-dealkylation sites (tertiary alicyclic amines) is 2. The summed E-state index contributed by atoms with van der Waals surface area (Å²) in [5.41, 5.74) is 1.23. The zero-order valence-electron chi connectivity index (χ0n) is 18.1. The van der Waals surface area contributed by atoms with E-state index in [9.17, 15) is 14.7 Å². The van der Waals surface area contributed by atoms with Gasteiger partial charge in [-0.3, -0.25) is 4.57 Å². The normalized spacial score (nSPS) is 27.0. The molecule has 166 valence electrons. The molecule has 3 aliphatic rings. The number of ether oxygens (including phenoxy) is 1. The van der Waals surface area contributed by atoms with Crippen molar-refractivity contribution >= 4 is 23.0 Å². The first-order valence-electron chi connectivity index (χ1n) is 11.5. The molecule has 1 spiro atoms. The van der Waals surface area contributed by atoms with Gasteiger partial charge >= 0.3 is 12.2 Å². The summed E-state index contributed by atoms with van der Waals surface area (Å²) in [6.45, 7) is 5.94. The van der Waals surface area contributed by atoms with Gasteiger partial charge in [-0.1, -0.05) is 24.3 Å². The van der Waals surface area contributed by atoms with Crippen LogP contribution in [0.1, 0.15) is 50.6 Å². The highest BCUT2D eigenvalue weighted by atomic mass is 16.6. The molecule has 0 bridgehead atoms. The number of hydrogen-bond acceptors (Lipinski definition) is 4. The van der Waals surface area contributed by atoms with Gasteiger partial charge in [-0.05, 0) is 57.5 Å². The molecule has 7 heteroatoms. The maximum absolute atomic E-state index is 12.0. The zero-order valence-corrected chi connectivity index (χ0v) is 18.1. The van der Waals surface area contributed by atoms with Gasteiger partial charge in [0.1, 0.15) is 0 Å². The average Bonchev–Trinajstić information content (AvgIpc) is 3.36. The predicted molar refractivity (Wildman–Crippen MR) is 118 cm³/mol. The minimum Gasteiger partial charge on any atom is -0.464 e. The van der Waals surface area contributed by atoms with Crippen LogP contribution in [-0.2, 0) is 4.74 Å². The summed E-state index contributed by atoms with van der Waals surface area (Å²) in [6.07, 6.45) is 6.05. The lowest BCUT2D eigenvalue weighted by Crippen LogP contribution is -2.54. The molecule has 1 aromatic heterocycles. The third-order valence-corrected chi connectivity index (χ3v) is 7.70. The summed E-state index contributed by atoms with van der Waals surface area (Å²) in [7, 11) is 0. The number of nitrogens with zero attached hydrogens (tertiary/aromatic N) is 3. The van der Waals surface area contributed by atoms with E-state index in [1.54, 1.807) is 6.20 Å². The molecule has 31 heavy (non-hydrogen) atoms. The van der Waals surface area contributed by atoms with Crippen LogP contribution in [0.3, 0.4) is 0 Å². The molecular weight excluding hydrogens is 394 g/mol. The highest BCUT2D eigenvalue weighted by molar-refractivity contribution is 5.90. The van der Waals surface area contributed by atoms with Gasteiger partial charge in [0.15, 0.2) is 0 Å². The van der Waals surface area contributed by atoms with E-state index < -0.39 is 6.09 Å². The molecule has 0 radical (unpaired) electrons. The molecule has 0 atom stereocenters. The summed E-state index contributed by atoms with van der Waals surface area (Å²) in [6, 6.07) is 8.57. The zero-order chi connectivity index (χ0) is 21.6. The number of amides is 1. The van der Waals surface area contributed by atoms with Crippen molar-refractivity contribution in [1.29, 1.82) is 0 Å². The lowest BCUT2D eigenvalue weighted by atomic mass is 9.64. The van der Waals surface area contributed by atoms with Crippen LogP contribution >= 0.6 is 0 Å². The minimum atomic E-state index is -0.901. The van der Waals surface area contributed by atoms with Crippen molar-refractivity contribution in [2.24, 2.45) is 5.41 Å². The molecular formula is C24H31N3O4. The number of carboxylic acid groups (broad SMARTS) is 1. The monoisotopic (exact) mass is 425 g/mol. The van der Waals surface area contributed by atoms with Crippen molar-refractivity contribution < 1.29 is 19.4 Å². The Morgan fingerprint density at radius 2 is 1.90 bits per heavy atom. The van der Waals surface area contributed by atoms with Crippen molar-refractivity contribution in [3.05, 3.63) is 36.2 Å². The van der Waals surface area contributed by atoms with E-state index in [4.69, 9.17) is 4.74 Å². The highest BCUT2D eigenvalue weighted by Crippen LogP contribution is 2.51. The smallest absolute Gasteiger partial charge is 0.415 e. The molecule has 1 amide bonds. The maximum atomic E-state index is 12.0. The second-order valence-corrected chi connectivity index (χ2v) is 9.50. The lowest BCUT2D eigenvalue weighted by molar-refractivity contribution is -0.00493. The molecule has 1 saturated carbocycles. The van der Waals surface area contributed by atoms with Crippen LogP contribution in [0.4, 0.5) is 9.59 Å². The first-order valence-corrected chi connectivity index (χ1v) is 11.5. The van der Waals surface area contributed by atoms with Gasteiger partial charge in [-0.15, -0.1) is 0 Å². The fraction of sp³-hybridized carbons (Fsp3) is 0.583. The van der Waals surface area contributed by atoms with Crippen LogP contribution in [0.15, 0.2) is 30.5 Å². The van der Waals surface area contributed by atoms with E-state index in [2.05, 4.69) is 4.90 Å².